The molecule has 0 aliphatic carbocycles. The summed E-state index contributed by atoms with van der Waals surface area (Å²) < 4.78 is 5.04. The number of aliphatic hydroxyl groups is 1. The van der Waals surface area contributed by atoms with Crippen LogP contribution in [0, 0.1) is 6.92 Å². The molecule has 7 heteroatoms. The van der Waals surface area contributed by atoms with Crippen LogP contribution in [0.2, 0.25) is 0 Å². The molecule has 7 nitrogen and oxygen atoms in total. The van der Waals surface area contributed by atoms with E-state index in [-0.39, 0.29) is 0 Å². The highest BCUT2D eigenvalue weighted by molar-refractivity contribution is 5.79. The van der Waals surface area contributed by atoms with Gasteiger partial charge < -0.3 is 20.3 Å². The van der Waals surface area contributed by atoms with E-state index in [1.807, 2.05) is 6.92 Å². The van der Waals surface area contributed by atoms with Crippen LogP contribution in [0.25, 0.3) is 0 Å². The molecule has 22 heavy (non-hydrogen) atoms. The highest BCUT2D eigenvalue weighted by Crippen LogP contribution is 2.18. The van der Waals surface area contributed by atoms with E-state index in [0.717, 1.165) is 32.2 Å². The Bertz CT molecular complexity index is 453. The smallest absolute Gasteiger partial charge is 0.248 e. The van der Waals surface area contributed by atoms with Gasteiger partial charge in [-0.15, -0.1) is 0 Å². The summed E-state index contributed by atoms with van der Waals surface area (Å²) in [4.78, 5) is 8.53. The van der Waals surface area contributed by atoms with Crippen LogP contribution in [0.15, 0.2) is 9.52 Å². The van der Waals surface area contributed by atoms with Crippen LogP contribution in [-0.4, -0.2) is 39.9 Å². The van der Waals surface area contributed by atoms with Gasteiger partial charge in [0, 0.05) is 13.1 Å². The van der Waals surface area contributed by atoms with E-state index >= 15 is 0 Å². The second-order valence-corrected chi connectivity index (χ2v) is 5.51. The summed E-state index contributed by atoms with van der Waals surface area (Å²) in [6.45, 7) is 9.47. The molecule has 0 aliphatic rings. The van der Waals surface area contributed by atoms with Crippen molar-refractivity contribution in [2.75, 3.05) is 13.1 Å². The van der Waals surface area contributed by atoms with Crippen LogP contribution in [0.3, 0.4) is 0 Å². The zero-order chi connectivity index (χ0) is 16.4. The molecule has 1 rings (SSSR count). The zero-order valence-corrected chi connectivity index (χ0v) is 14.1. The second-order valence-electron chi connectivity index (χ2n) is 5.51. The molecule has 0 fully saturated rings. The molecule has 1 aromatic heterocycles. The zero-order valence-electron chi connectivity index (χ0n) is 14.1. The quantitative estimate of drug-likeness (QED) is 0.475. The topological polar surface area (TPSA) is 95.6 Å². The van der Waals surface area contributed by atoms with Crippen LogP contribution in [0.1, 0.15) is 58.2 Å². The van der Waals surface area contributed by atoms with Crippen molar-refractivity contribution in [2.24, 2.45) is 4.99 Å². The molecule has 1 heterocycles. The molecule has 0 aromatic carbocycles. The second kappa shape index (κ2) is 9.40. The predicted octanol–water partition coefficient (Wildman–Crippen LogP) is 1.76. The summed E-state index contributed by atoms with van der Waals surface area (Å²) in [5.41, 5.74) is -0.694. The number of aliphatic imine (C=N–C) groups is 1. The molecule has 0 amide bonds. The molecule has 3 N–H and O–H groups in total. The molecule has 0 unspecified atom stereocenters. The number of guanidine groups is 1. The molecule has 126 valence electrons. The predicted molar refractivity (Wildman–Crippen MR) is 86.6 cm³/mol. The number of rotatable bonds is 9. The lowest BCUT2D eigenvalue weighted by Gasteiger charge is -2.28. The summed E-state index contributed by atoms with van der Waals surface area (Å²) in [6, 6.07) is 0. The van der Waals surface area contributed by atoms with Crippen LogP contribution >= 0.6 is 0 Å². The van der Waals surface area contributed by atoms with Gasteiger partial charge in [0.2, 0.25) is 5.89 Å². The fraction of sp³-hybridized carbons (Fsp3) is 0.800. The largest absolute Gasteiger partial charge is 0.388 e. The molecule has 0 saturated heterocycles. The van der Waals surface area contributed by atoms with E-state index in [1.165, 1.54) is 0 Å². The average Bonchev–Trinajstić information content (AvgIpc) is 2.88. The first-order valence-corrected chi connectivity index (χ1v) is 8.06. The SMILES string of the molecule is CCCC(O)(CCC)CNC(=NCc1nc(C)no1)NCC. The number of hydrogen-bond acceptors (Lipinski definition) is 5. The standard InChI is InChI=1S/C15H29N5O2/c1-5-8-15(21,9-6-2)11-18-14(16-7-3)17-10-13-19-12(4)20-22-13/h21H,5-11H2,1-4H3,(H2,16,17,18). The van der Waals surface area contributed by atoms with E-state index in [9.17, 15) is 5.11 Å². The van der Waals surface area contributed by atoms with Crippen molar-refractivity contribution in [2.45, 2.75) is 65.5 Å². The third kappa shape index (κ3) is 6.43. The van der Waals surface area contributed by atoms with E-state index in [0.29, 0.717) is 30.8 Å². The number of hydrogen-bond donors (Lipinski definition) is 3. The Kier molecular flexibility index (Phi) is 7.87. The van der Waals surface area contributed by atoms with Gasteiger partial charge in [-0.3, -0.25) is 0 Å². The first kappa shape index (κ1) is 18.4. The lowest BCUT2D eigenvalue weighted by molar-refractivity contribution is 0.0257. The minimum atomic E-state index is -0.694. The minimum absolute atomic E-state index is 0.316. The van der Waals surface area contributed by atoms with Gasteiger partial charge in [0.1, 0.15) is 6.54 Å². The Labute approximate surface area is 132 Å². The van der Waals surface area contributed by atoms with Crippen molar-refractivity contribution in [3.8, 4) is 0 Å². The van der Waals surface area contributed by atoms with Gasteiger partial charge in [0.05, 0.1) is 5.60 Å². The molecule has 1 aromatic rings. The van der Waals surface area contributed by atoms with Gasteiger partial charge >= 0.3 is 0 Å². The summed E-state index contributed by atoms with van der Waals surface area (Å²) in [6.07, 6.45) is 3.45. The third-order valence-electron chi connectivity index (χ3n) is 3.30. The molecule has 0 saturated carbocycles. The van der Waals surface area contributed by atoms with Crippen LogP contribution < -0.4 is 10.6 Å². The average molecular weight is 311 g/mol. The maximum absolute atomic E-state index is 10.6. The summed E-state index contributed by atoms with van der Waals surface area (Å²) in [5.74, 6) is 1.72. The van der Waals surface area contributed by atoms with Crippen molar-refractivity contribution in [1.29, 1.82) is 0 Å². The Balaban J connectivity index is 2.62. The van der Waals surface area contributed by atoms with Gasteiger partial charge in [-0.2, -0.15) is 4.98 Å². The lowest BCUT2D eigenvalue weighted by atomic mass is 9.93. The van der Waals surface area contributed by atoms with Crippen LogP contribution in [0.4, 0.5) is 0 Å². The first-order valence-electron chi connectivity index (χ1n) is 8.06. The Morgan fingerprint density at radius 2 is 1.91 bits per heavy atom. The normalized spacial score (nSPS) is 12.5. The van der Waals surface area contributed by atoms with Gasteiger partial charge in [-0.05, 0) is 26.7 Å². The highest BCUT2D eigenvalue weighted by atomic mass is 16.5. The molecule has 0 radical (unpaired) electrons. The first-order chi connectivity index (χ1) is 10.5. The van der Waals surface area contributed by atoms with E-state index in [1.54, 1.807) is 6.92 Å². The van der Waals surface area contributed by atoms with Crippen molar-refractivity contribution in [3.05, 3.63) is 11.7 Å². The molecule has 0 aliphatic heterocycles. The third-order valence-corrected chi connectivity index (χ3v) is 3.30. The molecule has 0 spiro atoms. The fourth-order valence-corrected chi connectivity index (χ4v) is 2.37. The number of nitrogens with zero attached hydrogens (tertiary/aromatic N) is 3. The van der Waals surface area contributed by atoms with Crippen molar-refractivity contribution in [1.82, 2.24) is 20.8 Å². The van der Waals surface area contributed by atoms with E-state index in [4.69, 9.17) is 4.52 Å². The van der Waals surface area contributed by atoms with Crippen molar-refractivity contribution < 1.29 is 9.63 Å². The van der Waals surface area contributed by atoms with Crippen LogP contribution in [-0.2, 0) is 6.54 Å². The maximum atomic E-state index is 10.6. The number of nitrogens with one attached hydrogen (secondary N) is 2. The van der Waals surface area contributed by atoms with Crippen molar-refractivity contribution >= 4 is 5.96 Å². The summed E-state index contributed by atoms with van der Waals surface area (Å²) in [5, 5.41) is 20.7. The Morgan fingerprint density at radius 1 is 1.23 bits per heavy atom. The minimum Gasteiger partial charge on any atom is -0.388 e. The van der Waals surface area contributed by atoms with Gasteiger partial charge in [-0.25, -0.2) is 4.99 Å². The Morgan fingerprint density at radius 3 is 2.41 bits per heavy atom. The molecule has 0 atom stereocenters. The van der Waals surface area contributed by atoms with E-state index < -0.39 is 5.60 Å². The Hall–Kier alpha value is -1.63. The van der Waals surface area contributed by atoms with Gasteiger partial charge in [-0.1, -0.05) is 31.8 Å². The fourth-order valence-electron chi connectivity index (χ4n) is 2.37. The maximum Gasteiger partial charge on any atom is 0.248 e. The van der Waals surface area contributed by atoms with Crippen LogP contribution in [0.5, 0.6) is 0 Å². The molecule has 0 bridgehead atoms. The van der Waals surface area contributed by atoms with Gasteiger partial charge in [0.25, 0.3) is 0 Å². The summed E-state index contributed by atoms with van der Waals surface area (Å²) >= 11 is 0. The molecular weight excluding hydrogens is 282 g/mol. The van der Waals surface area contributed by atoms with Gasteiger partial charge in [0.15, 0.2) is 11.8 Å². The van der Waals surface area contributed by atoms with E-state index in [2.05, 4.69) is 39.6 Å². The van der Waals surface area contributed by atoms with Crippen molar-refractivity contribution in [3.63, 3.8) is 0 Å². The highest BCUT2D eigenvalue weighted by Gasteiger charge is 2.24. The molecular formula is C15H29N5O2. The summed E-state index contributed by atoms with van der Waals surface area (Å²) in [7, 11) is 0. The number of aryl methyl sites for hydroxylation is 1. The number of aromatic nitrogens is 2. The lowest BCUT2D eigenvalue weighted by Crippen LogP contribution is -2.47. The monoisotopic (exact) mass is 311 g/mol.